The van der Waals surface area contributed by atoms with Gasteiger partial charge in [0.1, 0.15) is 0 Å². The summed E-state index contributed by atoms with van der Waals surface area (Å²) in [6, 6.07) is 0. The number of hydrogen-bond donors (Lipinski definition) is 0. The molecule has 0 aromatic carbocycles. The first-order valence-electron chi connectivity index (χ1n) is 16.6. The van der Waals surface area contributed by atoms with E-state index < -0.39 is 0 Å². The van der Waals surface area contributed by atoms with Crippen molar-refractivity contribution in [2.75, 3.05) is 6.61 Å². The molecule has 0 saturated heterocycles. The van der Waals surface area contributed by atoms with E-state index in [4.69, 9.17) is 4.74 Å². The topological polar surface area (TPSA) is 26.3 Å². The largest absolute Gasteiger partial charge is 0.466 e. The fourth-order valence-corrected chi connectivity index (χ4v) is 10.3. The molecule has 0 aromatic heterocycles. The Morgan fingerprint density at radius 3 is 2.31 bits per heavy atom. The van der Waals surface area contributed by atoms with E-state index in [1.54, 1.807) is 0 Å². The molecule has 4 saturated carbocycles. The van der Waals surface area contributed by atoms with Gasteiger partial charge in [0, 0.05) is 6.42 Å². The Balaban J connectivity index is 1.18. The molecule has 4 rings (SSSR count). The highest BCUT2D eigenvalue weighted by Gasteiger charge is 2.60. The van der Waals surface area contributed by atoms with Crippen molar-refractivity contribution in [3.63, 3.8) is 0 Å². The van der Waals surface area contributed by atoms with Crippen LogP contribution in [0, 0.1) is 46.3 Å². The van der Waals surface area contributed by atoms with Crippen molar-refractivity contribution in [2.45, 2.75) is 156 Å². The molecule has 208 valence electrons. The second kappa shape index (κ2) is 13.0. The number of rotatable bonds is 13. The Morgan fingerprint density at radius 2 is 1.53 bits per heavy atom. The van der Waals surface area contributed by atoms with Gasteiger partial charge in [-0.1, -0.05) is 85.5 Å². The van der Waals surface area contributed by atoms with Crippen molar-refractivity contribution in [3.05, 3.63) is 0 Å². The molecule has 7 unspecified atom stereocenters. The van der Waals surface area contributed by atoms with Crippen molar-refractivity contribution in [1.29, 1.82) is 0 Å². The minimum atomic E-state index is 0.0525. The number of unbranched alkanes of at least 4 members (excludes halogenated alkanes) is 7. The molecule has 4 aliphatic rings. The molecule has 0 N–H and O–H groups in total. The van der Waals surface area contributed by atoms with E-state index in [2.05, 4.69) is 27.7 Å². The summed E-state index contributed by atoms with van der Waals surface area (Å²) < 4.78 is 5.63. The zero-order chi connectivity index (χ0) is 25.6. The van der Waals surface area contributed by atoms with Crippen LogP contribution in [-0.2, 0) is 9.53 Å². The lowest BCUT2D eigenvalue weighted by atomic mass is 9.44. The summed E-state index contributed by atoms with van der Waals surface area (Å²) in [6.07, 6.45) is 26.8. The van der Waals surface area contributed by atoms with E-state index in [9.17, 15) is 4.79 Å². The molecule has 0 radical (unpaired) electrons. The first-order chi connectivity index (χ1) is 17.4. The van der Waals surface area contributed by atoms with E-state index in [0.29, 0.717) is 29.8 Å². The molecule has 36 heavy (non-hydrogen) atoms. The van der Waals surface area contributed by atoms with Crippen molar-refractivity contribution < 1.29 is 9.53 Å². The highest BCUT2D eigenvalue weighted by Crippen LogP contribution is 2.68. The van der Waals surface area contributed by atoms with Crippen molar-refractivity contribution in [2.24, 2.45) is 46.3 Å². The van der Waals surface area contributed by atoms with Crippen LogP contribution in [0.15, 0.2) is 0 Å². The highest BCUT2D eigenvalue weighted by atomic mass is 16.5. The van der Waals surface area contributed by atoms with Gasteiger partial charge in [0.2, 0.25) is 0 Å². The maximum absolute atomic E-state index is 12.5. The summed E-state index contributed by atoms with van der Waals surface area (Å²) in [5, 5.41) is 0. The first-order valence-corrected chi connectivity index (χ1v) is 16.6. The number of ether oxygens (including phenoxy) is 1. The summed E-state index contributed by atoms with van der Waals surface area (Å²) in [4.78, 5) is 12.5. The van der Waals surface area contributed by atoms with E-state index in [0.717, 1.165) is 42.4 Å². The molecule has 0 aromatic rings. The molecule has 0 heterocycles. The summed E-state index contributed by atoms with van der Waals surface area (Å²) >= 11 is 0. The van der Waals surface area contributed by atoms with Gasteiger partial charge in [-0.15, -0.1) is 0 Å². The Kier molecular flexibility index (Phi) is 10.3. The van der Waals surface area contributed by atoms with Crippen LogP contribution >= 0.6 is 0 Å². The highest BCUT2D eigenvalue weighted by molar-refractivity contribution is 5.69. The van der Waals surface area contributed by atoms with Gasteiger partial charge < -0.3 is 4.74 Å². The summed E-state index contributed by atoms with van der Waals surface area (Å²) in [6.45, 7) is 10.7. The Morgan fingerprint density at radius 1 is 0.806 bits per heavy atom. The third kappa shape index (κ3) is 6.20. The van der Waals surface area contributed by atoms with E-state index >= 15 is 0 Å². The van der Waals surface area contributed by atoms with Crippen molar-refractivity contribution in [3.8, 4) is 0 Å². The molecule has 0 bridgehead atoms. The molecular weight excluding hydrogens is 440 g/mol. The Hall–Kier alpha value is -0.530. The van der Waals surface area contributed by atoms with Gasteiger partial charge in [-0.3, -0.25) is 4.79 Å². The predicted octanol–water partition coefficient (Wildman–Crippen LogP) is 10.1. The number of fused-ring (bicyclic) bond motifs is 5. The maximum atomic E-state index is 12.5. The molecular formula is C34H60O2. The van der Waals surface area contributed by atoms with Gasteiger partial charge >= 0.3 is 5.97 Å². The van der Waals surface area contributed by atoms with E-state index in [1.165, 1.54) is 109 Å². The molecule has 0 spiro atoms. The maximum Gasteiger partial charge on any atom is 0.305 e. The zero-order valence-corrected chi connectivity index (χ0v) is 24.6. The molecule has 4 aliphatic carbocycles. The quantitative estimate of drug-likeness (QED) is 0.186. The number of esters is 1. The average Bonchev–Trinajstić information content (AvgIpc) is 3.23. The van der Waals surface area contributed by atoms with Crippen LogP contribution in [0.1, 0.15) is 156 Å². The molecule has 2 heteroatoms. The fraction of sp³-hybridized carbons (Fsp3) is 0.971. The third-order valence-electron chi connectivity index (χ3n) is 12.4. The fourth-order valence-electron chi connectivity index (χ4n) is 10.3. The summed E-state index contributed by atoms with van der Waals surface area (Å²) in [5.74, 6) is 5.44. The third-order valence-corrected chi connectivity index (χ3v) is 12.4. The van der Waals surface area contributed by atoms with Gasteiger partial charge in [0.15, 0.2) is 0 Å². The van der Waals surface area contributed by atoms with Crippen molar-refractivity contribution >= 4 is 5.97 Å². The van der Waals surface area contributed by atoms with E-state index in [1.807, 2.05) is 0 Å². The first kappa shape index (κ1) is 28.5. The van der Waals surface area contributed by atoms with Gasteiger partial charge in [-0.2, -0.15) is 0 Å². The number of carbonyl (C=O) groups excluding carboxylic acids is 1. The monoisotopic (exact) mass is 500 g/mol. The minimum absolute atomic E-state index is 0.0525. The second-order valence-electron chi connectivity index (χ2n) is 14.3. The van der Waals surface area contributed by atoms with Crippen LogP contribution in [0.25, 0.3) is 0 Å². The number of carbonyl (C=O) groups is 1. The average molecular weight is 501 g/mol. The van der Waals surface area contributed by atoms with Crippen molar-refractivity contribution in [1.82, 2.24) is 0 Å². The Labute approximate surface area is 224 Å². The minimum Gasteiger partial charge on any atom is -0.466 e. The van der Waals surface area contributed by atoms with Crippen LogP contribution in [0.3, 0.4) is 0 Å². The van der Waals surface area contributed by atoms with Crippen LogP contribution in [0.4, 0.5) is 0 Å². The van der Waals surface area contributed by atoms with E-state index in [-0.39, 0.29) is 5.97 Å². The molecule has 4 fully saturated rings. The molecule has 0 aliphatic heterocycles. The molecule has 8 atom stereocenters. The summed E-state index contributed by atoms with van der Waals surface area (Å²) in [5.41, 5.74) is 1.16. The predicted molar refractivity (Wildman–Crippen MR) is 152 cm³/mol. The van der Waals surface area contributed by atoms with Crippen LogP contribution < -0.4 is 0 Å². The van der Waals surface area contributed by atoms with Gasteiger partial charge in [-0.05, 0) is 111 Å². The van der Waals surface area contributed by atoms with Crippen LogP contribution in [0.5, 0.6) is 0 Å². The molecule has 0 amide bonds. The van der Waals surface area contributed by atoms with Gasteiger partial charge in [-0.25, -0.2) is 0 Å². The smallest absolute Gasteiger partial charge is 0.305 e. The zero-order valence-electron chi connectivity index (χ0n) is 24.6. The Bertz CT molecular complexity index is 687. The standard InChI is InChI=1S/C34H60O2/c1-5-6-7-8-9-10-11-14-25-36-32(35)21-16-26(2)29-19-20-30-28-18-17-27-15-12-13-23-33(27,3)31(28)22-24-34(29,30)4/h26-31H,5-25H2,1-4H3/t26-,27?,28?,29?,30?,31?,33?,34?/m1/s1. The summed E-state index contributed by atoms with van der Waals surface area (Å²) in [7, 11) is 0. The van der Waals surface area contributed by atoms with Gasteiger partial charge in [0.25, 0.3) is 0 Å². The lowest BCUT2D eigenvalue weighted by Crippen LogP contribution is -2.53. The van der Waals surface area contributed by atoms with Crippen LogP contribution in [0.2, 0.25) is 0 Å². The SMILES string of the molecule is CCCCCCCCCCOC(=O)CC[C@@H](C)C1CCC2C3CCC4CCCCC4(C)C3CCC21C. The lowest BCUT2D eigenvalue weighted by molar-refractivity contribution is -0.144. The lowest BCUT2D eigenvalue weighted by Gasteiger charge is -2.61. The number of hydrogen-bond acceptors (Lipinski definition) is 2. The molecule has 2 nitrogen and oxygen atoms in total. The van der Waals surface area contributed by atoms with Crippen LogP contribution in [-0.4, -0.2) is 12.6 Å². The normalized spacial score (nSPS) is 38.6. The second-order valence-corrected chi connectivity index (χ2v) is 14.3. The van der Waals surface area contributed by atoms with Gasteiger partial charge in [0.05, 0.1) is 6.61 Å².